The van der Waals surface area contributed by atoms with Crippen molar-refractivity contribution < 1.29 is 0 Å². The SMILES string of the molecule is CC(N[C@H](C)c1ccncc1)c1cnccn1. The minimum atomic E-state index is 0.173. The Hall–Kier alpha value is -1.81. The Bertz CT molecular complexity index is 400. The molecule has 0 aliphatic rings. The lowest BCUT2D eigenvalue weighted by Gasteiger charge is -2.19. The Morgan fingerprint density at radius 2 is 1.71 bits per heavy atom. The van der Waals surface area contributed by atoms with Crippen molar-refractivity contribution in [3.8, 4) is 0 Å². The van der Waals surface area contributed by atoms with E-state index in [4.69, 9.17) is 0 Å². The molecule has 0 aliphatic heterocycles. The molecule has 2 aromatic rings. The van der Waals surface area contributed by atoms with E-state index in [0.717, 1.165) is 5.69 Å². The number of hydrogen-bond acceptors (Lipinski definition) is 4. The summed E-state index contributed by atoms with van der Waals surface area (Å²) < 4.78 is 0. The van der Waals surface area contributed by atoms with E-state index in [9.17, 15) is 0 Å². The number of aromatic nitrogens is 3. The first-order chi connectivity index (χ1) is 8.27. The van der Waals surface area contributed by atoms with Crippen molar-refractivity contribution in [1.82, 2.24) is 20.3 Å². The molecule has 0 aromatic carbocycles. The van der Waals surface area contributed by atoms with E-state index >= 15 is 0 Å². The van der Waals surface area contributed by atoms with Crippen molar-refractivity contribution in [1.29, 1.82) is 0 Å². The zero-order chi connectivity index (χ0) is 12.1. The summed E-state index contributed by atoms with van der Waals surface area (Å²) in [6.07, 6.45) is 8.80. The first-order valence-corrected chi connectivity index (χ1v) is 5.69. The van der Waals surface area contributed by atoms with E-state index in [1.165, 1.54) is 5.56 Å². The van der Waals surface area contributed by atoms with Crippen LogP contribution in [-0.4, -0.2) is 15.0 Å². The van der Waals surface area contributed by atoms with Crippen LogP contribution in [0.15, 0.2) is 43.1 Å². The summed E-state index contributed by atoms with van der Waals surface area (Å²) >= 11 is 0. The van der Waals surface area contributed by atoms with E-state index < -0.39 is 0 Å². The zero-order valence-electron chi connectivity index (χ0n) is 10.0. The van der Waals surface area contributed by atoms with E-state index in [0.29, 0.717) is 0 Å². The summed E-state index contributed by atoms with van der Waals surface area (Å²) in [6, 6.07) is 4.46. The highest BCUT2D eigenvalue weighted by Gasteiger charge is 2.11. The van der Waals surface area contributed by atoms with E-state index in [-0.39, 0.29) is 12.1 Å². The van der Waals surface area contributed by atoms with E-state index in [1.54, 1.807) is 31.0 Å². The molecular weight excluding hydrogens is 212 g/mol. The number of nitrogens with zero attached hydrogens (tertiary/aromatic N) is 3. The molecule has 0 fully saturated rings. The maximum atomic E-state index is 4.29. The topological polar surface area (TPSA) is 50.7 Å². The van der Waals surface area contributed by atoms with Gasteiger partial charge in [-0.2, -0.15) is 0 Å². The maximum absolute atomic E-state index is 4.29. The molecule has 0 amide bonds. The lowest BCUT2D eigenvalue weighted by atomic mass is 10.1. The van der Waals surface area contributed by atoms with E-state index in [2.05, 4.69) is 34.1 Å². The van der Waals surface area contributed by atoms with Crippen LogP contribution in [0.25, 0.3) is 0 Å². The molecule has 4 heteroatoms. The summed E-state index contributed by atoms with van der Waals surface area (Å²) in [4.78, 5) is 12.4. The van der Waals surface area contributed by atoms with Gasteiger partial charge >= 0.3 is 0 Å². The van der Waals surface area contributed by atoms with Crippen LogP contribution in [0.5, 0.6) is 0 Å². The fourth-order valence-corrected chi connectivity index (χ4v) is 1.74. The van der Waals surface area contributed by atoms with Crippen molar-refractivity contribution in [3.63, 3.8) is 0 Å². The van der Waals surface area contributed by atoms with Crippen LogP contribution in [0.4, 0.5) is 0 Å². The maximum Gasteiger partial charge on any atom is 0.0753 e. The third kappa shape index (κ3) is 3.07. The molecule has 2 atom stereocenters. The molecule has 0 bridgehead atoms. The average molecular weight is 228 g/mol. The minimum Gasteiger partial charge on any atom is -0.302 e. The molecule has 0 saturated carbocycles. The van der Waals surface area contributed by atoms with Gasteiger partial charge in [0.15, 0.2) is 0 Å². The first kappa shape index (κ1) is 11.7. The normalized spacial score (nSPS) is 14.2. The molecular formula is C13H16N4. The van der Waals surface area contributed by atoms with Gasteiger partial charge in [-0.25, -0.2) is 0 Å². The van der Waals surface area contributed by atoms with Crippen LogP contribution in [0.3, 0.4) is 0 Å². The first-order valence-electron chi connectivity index (χ1n) is 5.69. The van der Waals surface area contributed by atoms with Gasteiger partial charge in [-0.3, -0.25) is 15.0 Å². The van der Waals surface area contributed by atoms with Gasteiger partial charge in [0.05, 0.1) is 5.69 Å². The Labute approximate surface area is 101 Å². The second-order valence-corrected chi connectivity index (χ2v) is 4.02. The minimum absolute atomic E-state index is 0.173. The lowest BCUT2D eigenvalue weighted by Crippen LogP contribution is -2.23. The monoisotopic (exact) mass is 228 g/mol. The highest BCUT2D eigenvalue weighted by atomic mass is 15.0. The second-order valence-electron chi connectivity index (χ2n) is 4.02. The van der Waals surface area contributed by atoms with Crippen molar-refractivity contribution >= 4 is 0 Å². The molecule has 0 radical (unpaired) electrons. The summed E-state index contributed by atoms with van der Waals surface area (Å²) in [7, 11) is 0. The smallest absolute Gasteiger partial charge is 0.0753 e. The fraction of sp³-hybridized carbons (Fsp3) is 0.308. The highest BCUT2D eigenvalue weighted by molar-refractivity contribution is 5.15. The van der Waals surface area contributed by atoms with Crippen LogP contribution >= 0.6 is 0 Å². The molecule has 2 heterocycles. The number of hydrogen-bond donors (Lipinski definition) is 1. The molecule has 2 rings (SSSR count). The molecule has 0 saturated heterocycles. The van der Waals surface area contributed by atoms with Gasteiger partial charge in [-0.1, -0.05) is 0 Å². The van der Waals surface area contributed by atoms with Gasteiger partial charge in [0, 0.05) is 43.1 Å². The van der Waals surface area contributed by atoms with Crippen LogP contribution in [0.1, 0.15) is 37.2 Å². The van der Waals surface area contributed by atoms with Gasteiger partial charge in [0.25, 0.3) is 0 Å². The Kier molecular flexibility index (Phi) is 3.77. The third-order valence-electron chi connectivity index (χ3n) is 2.73. The quantitative estimate of drug-likeness (QED) is 0.872. The molecule has 2 aromatic heterocycles. The van der Waals surface area contributed by atoms with Crippen LogP contribution < -0.4 is 5.32 Å². The van der Waals surface area contributed by atoms with Crippen molar-refractivity contribution in [2.24, 2.45) is 0 Å². The van der Waals surface area contributed by atoms with Crippen molar-refractivity contribution in [3.05, 3.63) is 54.4 Å². The van der Waals surface area contributed by atoms with Gasteiger partial charge in [-0.05, 0) is 31.5 Å². The Morgan fingerprint density at radius 3 is 2.35 bits per heavy atom. The largest absolute Gasteiger partial charge is 0.302 e. The van der Waals surface area contributed by atoms with Crippen molar-refractivity contribution in [2.75, 3.05) is 0 Å². The van der Waals surface area contributed by atoms with Gasteiger partial charge < -0.3 is 5.32 Å². The lowest BCUT2D eigenvalue weighted by molar-refractivity contribution is 0.485. The fourth-order valence-electron chi connectivity index (χ4n) is 1.74. The third-order valence-corrected chi connectivity index (χ3v) is 2.73. The predicted octanol–water partition coefficient (Wildman–Crippen LogP) is 2.28. The summed E-state index contributed by atoms with van der Waals surface area (Å²) in [5.41, 5.74) is 2.17. The van der Waals surface area contributed by atoms with Crippen LogP contribution in [0, 0.1) is 0 Å². The average Bonchev–Trinajstić information content (AvgIpc) is 2.40. The number of rotatable bonds is 4. The molecule has 0 spiro atoms. The number of pyridine rings is 1. The highest BCUT2D eigenvalue weighted by Crippen LogP contribution is 2.16. The molecule has 1 unspecified atom stereocenters. The van der Waals surface area contributed by atoms with E-state index in [1.807, 2.05) is 12.1 Å². The second kappa shape index (κ2) is 5.50. The molecule has 88 valence electrons. The Balaban J connectivity index is 2.02. The molecule has 17 heavy (non-hydrogen) atoms. The number of nitrogens with one attached hydrogen (secondary N) is 1. The van der Waals surface area contributed by atoms with Crippen molar-refractivity contribution in [2.45, 2.75) is 25.9 Å². The molecule has 1 N–H and O–H groups in total. The summed E-state index contributed by atoms with van der Waals surface area (Å²) in [5.74, 6) is 0. The summed E-state index contributed by atoms with van der Waals surface area (Å²) in [6.45, 7) is 4.21. The Morgan fingerprint density at radius 1 is 0.941 bits per heavy atom. The molecule has 4 nitrogen and oxygen atoms in total. The van der Waals surface area contributed by atoms with Gasteiger partial charge in [-0.15, -0.1) is 0 Å². The van der Waals surface area contributed by atoms with Crippen LogP contribution in [0.2, 0.25) is 0 Å². The summed E-state index contributed by atoms with van der Waals surface area (Å²) in [5, 5.41) is 3.48. The zero-order valence-corrected chi connectivity index (χ0v) is 10.0. The molecule has 0 aliphatic carbocycles. The van der Waals surface area contributed by atoms with Crippen LogP contribution in [-0.2, 0) is 0 Å². The van der Waals surface area contributed by atoms with Gasteiger partial charge in [0.1, 0.15) is 0 Å². The van der Waals surface area contributed by atoms with Gasteiger partial charge in [0.2, 0.25) is 0 Å². The predicted molar refractivity (Wildman–Crippen MR) is 66.2 cm³/mol. The standard InChI is InChI=1S/C13H16N4/c1-10(12-3-5-14-6-4-12)17-11(2)13-9-15-7-8-16-13/h3-11,17H,1-2H3/t10-,11?/m1/s1.